The van der Waals surface area contributed by atoms with Crippen molar-refractivity contribution in [3.63, 3.8) is 0 Å². The van der Waals surface area contributed by atoms with Gasteiger partial charge in [-0.3, -0.25) is 5.32 Å². The number of hydroxylamine groups is 1. The maximum absolute atomic E-state index is 11.1. The van der Waals surface area contributed by atoms with Crippen molar-refractivity contribution in [3.05, 3.63) is 30.3 Å². The van der Waals surface area contributed by atoms with Crippen LogP contribution in [0.5, 0.6) is 0 Å². The molecule has 7 nitrogen and oxygen atoms in total. The van der Waals surface area contributed by atoms with E-state index in [9.17, 15) is 13.0 Å². The zero-order valence-electron chi connectivity index (χ0n) is 14.4. The summed E-state index contributed by atoms with van der Waals surface area (Å²) in [5.74, 6) is 0.260. The van der Waals surface area contributed by atoms with Crippen molar-refractivity contribution in [1.82, 2.24) is 5.32 Å². The molecular formula is C15H25N3O4S. The lowest BCUT2D eigenvalue weighted by atomic mass is 10.1. The van der Waals surface area contributed by atoms with Gasteiger partial charge < -0.3 is 4.55 Å². The van der Waals surface area contributed by atoms with Crippen molar-refractivity contribution < 1.29 is 22.0 Å². The normalized spacial score (nSPS) is 14.0. The number of nitrogens with one attached hydrogen (secondary N) is 2. The van der Waals surface area contributed by atoms with E-state index < -0.39 is 21.5 Å². The molecule has 0 unspecified atom stereocenters. The van der Waals surface area contributed by atoms with Crippen molar-refractivity contribution >= 4 is 22.0 Å². The second kappa shape index (κ2) is 6.76. The molecule has 0 aliphatic heterocycles. The summed E-state index contributed by atoms with van der Waals surface area (Å²) in [5, 5.41) is 6.20. The molecule has 0 saturated heterocycles. The zero-order chi connectivity index (χ0) is 17.9. The highest BCUT2D eigenvalue weighted by Crippen LogP contribution is 2.13. The third-order valence-electron chi connectivity index (χ3n) is 2.51. The van der Waals surface area contributed by atoms with E-state index in [1.807, 2.05) is 51.1 Å². The van der Waals surface area contributed by atoms with E-state index >= 15 is 0 Å². The molecule has 1 rings (SSSR count). The minimum absolute atomic E-state index is 0.260. The number of hydrogen-bond donors (Lipinski definition) is 2. The van der Waals surface area contributed by atoms with Gasteiger partial charge in [0, 0.05) is 0 Å². The Kier molecular flexibility index (Phi) is 5.65. The Balaban J connectivity index is 3.40. The minimum Gasteiger partial charge on any atom is -0.713 e. The van der Waals surface area contributed by atoms with Gasteiger partial charge in [0.2, 0.25) is 0 Å². The zero-order valence-corrected chi connectivity index (χ0v) is 15.2. The molecule has 0 radical (unpaired) electrons. The maximum atomic E-state index is 11.1. The van der Waals surface area contributed by atoms with Gasteiger partial charge in [-0.15, -0.1) is 0 Å². The van der Waals surface area contributed by atoms with Gasteiger partial charge in [0.25, 0.3) is 10.4 Å². The van der Waals surface area contributed by atoms with Crippen LogP contribution >= 0.6 is 0 Å². The van der Waals surface area contributed by atoms with Crippen LogP contribution in [0, 0.1) is 0 Å². The van der Waals surface area contributed by atoms with E-state index in [1.165, 1.54) is 0 Å². The fraction of sp³-hybridized carbons (Fsp3) is 0.533. The Morgan fingerprint density at radius 3 is 2.00 bits per heavy atom. The van der Waals surface area contributed by atoms with Crippen LogP contribution < -0.4 is 10.6 Å². The van der Waals surface area contributed by atoms with E-state index in [2.05, 4.69) is 14.9 Å². The molecule has 0 aliphatic carbocycles. The van der Waals surface area contributed by atoms with Gasteiger partial charge in [-0.05, 0) is 53.7 Å². The van der Waals surface area contributed by atoms with Crippen molar-refractivity contribution in [1.29, 1.82) is 0 Å². The smallest absolute Gasteiger partial charge is 0.389 e. The molecule has 0 amide bonds. The van der Waals surface area contributed by atoms with Crippen LogP contribution in [0.3, 0.4) is 0 Å². The Labute approximate surface area is 138 Å². The topological polar surface area (TPSA) is 93.5 Å². The number of guanidine groups is 1. The van der Waals surface area contributed by atoms with Gasteiger partial charge in [-0.2, -0.15) is 8.42 Å². The lowest BCUT2D eigenvalue weighted by Gasteiger charge is -2.27. The number of para-hydroxylation sites is 1. The molecule has 2 N–H and O–H groups in total. The quantitative estimate of drug-likeness (QED) is 0.218. The van der Waals surface area contributed by atoms with Gasteiger partial charge in [0.05, 0.1) is 11.2 Å². The molecule has 1 aromatic carbocycles. The summed E-state index contributed by atoms with van der Waals surface area (Å²) >= 11 is 0. The van der Waals surface area contributed by atoms with E-state index in [1.54, 1.807) is 20.8 Å². The highest BCUT2D eigenvalue weighted by atomic mass is 32.3. The molecule has 0 aliphatic rings. The van der Waals surface area contributed by atoms with Crippen LogP contribution in [-0.2, 0) is 14.7 Å². The van der Waals surface area contributed by atoms with Crippen molar-refractivity contribution in [3.8, 4) is 0 Å². The summed E-state index contributed by atoms with van der Waals surface area (Å²) in [5.41, 5.74) is -0.455. The highest BCUT2D eigenvalue weighted by Gasteiger charge is 2.32. The van der Waals surface area contributed by atoms with E-state index in [-0.39, 0.29) is 5.96 Å². The van der Waals surface area contributed by atoms with Gasteiger partial charge in [0.1, 0.15) is 5.54 Å². The van der Waals surface area contributed by atoms with Crippen molar-refractivity contribution in [2.75, 3.05) is 5.32 Å². The fourth-order valence-corrected chi connectivity index (χ4v) is 2.20. The van der Waals surface area contributed by atoms with Gasteiger partial charge >= 0.3 is 5.96 Å². The Morgan fingerprint density at radius 2 is 1.61 bits per heavy atom. The lowest BCUT2D eigenvalue weighted by Crippen LogP contribution is -2.53. The van der Waals surface area contributed by atoms with Crippen LogP contribution in [-0.4, -0.2) is 34.7 Å². The first-order chi connectivity index (χ1) is 10.3. The molecule has 0 atom stereocenters. The second-order valence-corrected chi connectivity index (χ2v) is 8.13. The molecular weight excluding hydrogens is 318 g/mol. The number of benzene rings is 1. The van der Waals surface area contributed by atoms with Crippen LogP contribution in [0.4, 0.5) is 5.69 Å². The minimum atomic E-state index is -4.92. The van der Waals surface area contributed by atoms with Crippen LogP contribution in [0.15, 0.2) is 30.3 Å². The fourth-order valence-electron chi connectivity index (χ4n) is 1.72. The monoisotopic (exact) mass is 343 g/mol. The average Bonchev–Trinajstić information content (AvgIpc) is 2.32. The molecule has 0 bridgehead atoms. The molecule has 0 heterocycles. The molecule has 0 spiro atoms. The number of rotatable bonds is 3. The molecule has 0 aromatic heterocycles. The molecule has 1 aromatic rings. The van der Waals surface area contributed by atoms with E-state index in [4.69, 9.17) is 0 Å². The van der Waals surface area contributed by atoms with Gasteiger partial charge in [-0.1, -0.05) is 22.9 Å². The van der Waals surface area contributed by atoms with Crippen molar-refractivity contribution in [2.24, 2.45) is 0 Å². The van der Waals surface area contributed by atoms with Crippen LogP contribution in [0.2, 0.25) is 0 Å². The lowest BCUT2D eigenvalue weighted by molar-refractivity contribution is -0.795. The number of nitrogens with zero attached hydrogens (tertiary/aromatic N) is 1. The SMILES string of the molecule is CC(C)(C)N/C(Nc1ccccc1)=[N+](\OS(=O)(=O)[O-])C(C)(C)C. The average molecular weight is 343 g/mol. The Bertz CT molecular complexity index is 656. The first-order valence-corrected chi connectivity index (χ1v) is 8.54. The summed E-state index contributed by atoms with van der Waals surface area (Å²) < 4.78 is 39.1. The van der Waals surface area contributed by atoms with Crippen LogP contribution in [0.25, 0.3) is 0 Å². The highest BCUT2D eigenvalue weighted by molar-refractivity contribution is 7.80. The summed E-state index contributed by atoms with van der Waals surface area (Å²) in [6.45, 7) is 10.9. The summed E-state index contributed by atoms with van der Waals surface area (Å²) in [7, 11) is -4.92. The molecule has 0 fully saturated rings. The van der Waals surface area contributed by atoms with Gasteiger partial charge in [-0.25, -0.2) is 9.60 Å². The molecule has 0 saturated carbocycles. The second-order valence-electron chi connectivity index (χ2n) is 7.16. The Hall–Kier alpha value is -1.80. The predicted molar refractivity (Wildman–Crippen MR) is 88.8 cm³/mol. The summed E-state index contributed by atoms with van der Waals surface area (Å²) in [4.78, 5) is 0. The predicted octanol–water partition coefficient (Wildman–Crippen LogP) is 2.05. The van der Waals surface area contributed by atoms with E-state index in [0.29, 0.717) is 0 Å². The third kappa shape index (κ3) is 7.34. The third-order valence-corrected chi connectivity index (χ3v) is 2.84. The molecule has 23 heavy (non-hydrogen) atoms. The van der Waals surface area contributed by atoms with Crippen molar-refractivity contribution in [2.45, 2.75) is 52.6 Å². The van der Waals surface area contributed by atoms with Crippen LogP contribution in [0.1, 0.15) is 41.5 Å². The molecule has 8 heteroatoms. The largest absolute Gasteiger partial charge is 0.713 e. The maximum Gasteiger partial charge on any atom is 0.389 e. The van der Waals surface area contributed by atoms with E-state index in [0.717, 1.165) is 10.4 Å². The standard InChI is InChI=1S/C15H25N3O4S/c1-14(2,3)17-13(16-12-10-8-7-9-11-12)18(15(4,5)6)22-23(19,20)21/h7-11H,1-6H3,(H2,16,17,19,20,21). The first-order valence-electron chi connectivity index (χ1n) is 7.21. The summed E-state index contributed by atoms with van der Waals surface area (Å²) in [6.07, 6.45) is 0. The number of anilines is 1. The Morgan fingerprint density at radius 1 is 1.09 bits per heavy atom. The number of hydrogen-bond acceptors (Lipinski definition) is 4. The van der Waals surface area contributed by atoms with Gasteiger partial charge in [0.15, 0.2) is 0 Å². The summed E-state index contributed by atoms with van der Waals surface area (Å²) in [6, 6.07) is 9.17. The first kappa shape index (κ1) is 19.2. The molecule has 130 valence electrons.